The first kappa shape index (κ1) is 25.2. The van der Waals surface area contributed by atoms with Crippen molar-refractivity contribution in [3.8, 4) is 0 Å². The number of amides is 3. The van der Waals surface area contributed by atoms with Crippen LogP contribution >= 0.6 is 34.7 Å². The van der Waals surface area contributed by atoms with E-state index < -0.39 is 17.0 Å². The van der Waals surface area contributed by atoms with E-state index in [0.29, 0.717) is 16.4 Å². The highest BCUT2D eigenvalue weighted by Crippen LogP contribution is 2.33. The highest BCUT2D eigenvalue weighted by molar-refractivity contribution is 8.18. The van der Waals surface area contributed by atoms with Crippen LogP contribution < -0.4 is 5.32 Å². The lowest BCUT2D eigenvalue weighted by molar-refractivity contribution is -0.122. The minimum absolute atomic E-state index is 0.00915. The van der Waals surface area contributed by atoms with Crippen LogP contribution in [0.4, 0.5) is 9.18 Å². The lowest BCUT2D eigenvalue weighted by Crippen LogP contribution is -2.37. The monoisotopic (exact) mass is 554 g/mol. The number of imide groups is 1. The quantitative estimate of drug-likeness (QED) is 0.296. The third-order valence-electron chi connectivity index (χ3n) is 5.80. The van der Waals surface area contributed by atoms with Gasteiger partial charge in [0.25, 0.3) is 17.1 Å². The molecule has 4 aromatic rings. The summed E-state index contributed by atoms with van der Waals surface area (Å²) in [4.78, 5) is 40.4. The molecule has 1 aliphatic rings. The van der Waals surface area contributed by atoms with Gasteiger partial charge in [0.2, 0.25) is 0 Å². The van der Waals surface area contributed by atoms with Gasteiger partial charge in [0.05, 0.1) is 22.0 Å². The number of thioether (sulfide) groups is 1. The molecule has 0 atom stereocenters. The Bertz CT molecular complexity index is 1580. The van der Waals surface area contributed by atoms with Crippen LogP contribution in [0.5, 0.6) is 0 Å². The number of hydrogen-bond donors (Lipinski definition) is 1. The van der Waals surface area contributed by atoms with Crippen molar-refractivity contribution < 1.29 is 18.8 Å². The Labute approximate surface area is 224 Å². The predicted molar refractivity (Wildman–Crippen MR) is 144 cm³/mol. The summed E-state index contributed by atoms with van der Waals surface area (Å²) < 4.78 is 15.8. The second-order valence-corrected chi connectivity index (χ2v) is 10.7. The summed E-state index contributed by atoms with van der Waals surface area (Å²) in [6.45, 7) is 2.46. The molecule has 37 heavy (non-hydrogen) atoms. The molecular weight excluding hydrogens is 535 g/mol. The van der Waals surface area contributed by atoms with Crippen molar-refractivity contribution in [3.05, 3.63) is 92.0 Å². The molecule has 2 aromatic heterocycles. The van der Waals surface area contributed by atoms with Crippen LogP contribution in [0.15, 0.2) is 59.5 Å². The highest BCUT2D eigenvalue weighted by Gasteiger charge is 2.35. The van der Waals surface area contributed by atoms with E-state index in [-0.39, 0.29) is 29.5 Å². The van der Waals surface area contributed by atoms with Crippen LogP contribution in [0.3, 0.4) is 0 Å². The van der Waals surface area contributed by atoms with Gasteiger partial charge >= 0.3 is 0 Å². The Morgan fingerprint density at radius 1 is 1.16 bits per heavy atom. The van der Waals surface area contributed by atoms with E-state index in [0.717, 1.165) is 38.1 Å². The topological polar surface area (TPSA) is 84.3 Å². The van der Waals surface area contributed by atoms with E-state index in [1.165, 1.54) is 29.5 Å². The number of carbonyl (C=O) groups is 3. The van der Waals surface area contributed by atoms with Gasteiger partial charge in [0.15, 0.2) is 0 Å². The summed E-state index contributed by atoms with van der Waals surface area (Å²) in [6.07, 6.45) is 1.37. The molecule has 3 heterocycles. The number of thiophene rings is 1. The molecule has 1 fully saturated rings. The molecule has 1 aliphatic heterocycles. The van der Waals surface area contributed by atoms with Crippen molar-refractivity contribution in [2.75, 3.05) is 13.1 Å². The predicted octanol–water partition coefficient (Wildman–Crippen LogP) is 5.71. The number of halogens is 2. The van der Waals surface area contributed by atoms with E-state index in [1.807, 2.05) is 35.9 Å². The van der Waals surface area contributed by atoms with Gasteiger partial charge in [0, 0.05) is 29.1 Å². The lowest BCUT2D eigenvalue weighted by atomic mass is 10.2. The van der Waals surface area contributed by atoms with E-state index in [1.54, 1.807) is 18.2 Å². The normalized spacial score (nSPS) is 14.8. The number of fused-ring (bicyclic) bond motifs is 1. The maximum Gasteiger partial charge on any atom is 0.293 e. The van der Waals surface area contributed by atoms with Gasteiger partial charge in [-0.25, -0.2) is 4.39 Å². The Balaban J connectivity index is 1.24. The van der Waals surface area contributed by atoms with Crippen molar-refractivity contribution >= 4 is 68.0 Å². The van der Waals surface area contributed by atoms with Crippen molar-refractivity contribution in [2.24, 2.45) is 0 Å². The minimum atomic E-state index is -0.510. The standard InChI is InChI=1S/C26H20ClFN4O3S2/c1-15-18-13-21(36-25(18)32(30-15)14-17-7-2-4-8-19(17)27)23(33)29-10-11-31-24(34)22(37-26(31)35)12-16-6-3-5-9-20(16)28/h2-9,12-13H,10-11,14H2,1H3,(H,29,33)/b22-12-. The summed E-state index contributed by atoms with van der Waals surface area (Å²) in [6, 6.07) is 15.3. The summed E-state index contributed by atoms with van der Waals surface area (Å²) in [5.41, 5.74) is 1.96. The van der Waals surface area contributed by atoms with Crippen LogP contribution in [-0.2, 0) is 11.3 Å². The lowest BCUT2D eigenvalue weighted by Gasteiger charge is -2.12. The fourth-order valence-electron chi connectivity index (χ4n) is 3.91. The summed E-state index contributed by atoms with van der Waals surface area (Å²) in [7, 11) is 0. The summed E-state index contributed by atoms with van der Waals surface area (Å²) in [5.74, 6) is -1.29. The molecule has 0 aliphatic carbocycles. The molecule has 7 nitrogen and oxygen atoms in total. The van der Waals surface area contributed by atoms with Crippen molar-refractivity contribution in [2.45, 2.75) is 13.5 Å². The number of nitrogens with one attached hydrogen (secondary N) is 1. The van der Waals surface area contributed by atoms with E-state index in [2.05, 4.69) is 10.4 Å². The van der Waals surface area contributed by atoms with Gasteiger partial charge in [0.1, 0.15) is 10.6 Å². The Morgan fingerprint density at radius 3 is 2.70 bits per heavy atom. The number of benzene rings is 2. The Hall–Kier alpha value is -3.47. The molecule has 3 amide bonds. The van der Waals surface area contributed by atoms with Crippen molar-refractivity contribution in [3.63, 3.8) is 0 Å². The van der Waals surface area contributed by atoms with Crippen LogP contribution in [0.1, 0.15) is 26.5 Å². The molecule has 0 radical (unpaired) electrons. The highest BCUT2D eigenvalue weighted by atomic mass is 35.5. The molecular formula is C26H20ClFN4O3S2. The molecule has 0 spiro atoms. The maximum atomic E-state index is 13.9. The number of rotatable bonds is 7. The fraction of sp³-hybridized carbons (Fsp3) is 0.154. The smallest absolute Gasteiger partial charge is 0.293 e. The average molecular weight is 555 g/mol. The molecule has 188 valence electrons. The van der Waals surface area contributed by atoms with Gasteiger partial charge in [-0.3, -0.25) is 24.0 Å². The number of aryl methyl sites for hydroxylation is 1. The van der Waals surface area contributed by atoms with Gasteiger partial charge in [-0.05, 0) is 48.5 Å². The first-order chi connectivity index (χ1) is 17.8. The number of nitrogens with zero attached hydrogens (tertiary/aromatic N) is 3. The van der Waals surface area contributed by atoms with Gasteiger partial charge in [-0.2, -0.15) is 5.10 Å². The van der Waals surface area contributed by atoms with E-state index >= 15 is 0 Å². The van der Waals surface area contributed by atoms with Crippen LogP contribution in [-0.4, -0.2) is 44.8 Å². The first-order valence-corrected chi connectivity index (χ1v) is 13.3. The largest absolute Gasteiger partial charge is 0.350 e. The van der Waals surface area contributed by atoms with Crippen LogP contribution in [0.25, 0.3) is 16.3 Å². The Morgan fingerprint density at radius 2 is 1.92 bits per heavy atom. The second kappa shape index (κ2) is 10.5. The summed E-state index contributed by atoms with van der Waals surface area (Å²) in [5, 5.41) is 8.43. The SMILES string of the molecule is Cc1nn(Cc2ccccc2Cl)c2sc(C(=O)NCCN3C(=O)S/C(=C\c4ccccc4F)C3=O)cc12. The third-order valence-corrected chi connectivity index (χ3v) is 8.22. The third kappa shape index (κ3) is 5.18. The number of aromatic nitrogens is 2. The number of hydrogen-bond acceptors (Lipinski definition) is 6. The van der Waals surface area contributed by atoms with Crippen LogP contribution in [0.2, 0.25) is 5.02 Å². The molecule has 0 unspecified atom stereocenters. The zero-order valence-electron chi connectivity index (χ0n) is 19.5. The fourth-order valence-corrected chi connectivity index (χ4v) is 6.04. The minimum Gasteiger partial charge on any atom is -0.350 e. The van der Waals surface area contributed by atoms with Gasteiger partial charge in [-0.1, -0.05) is 48.0 Å². The van der Waals surface area contributed by atoms with Gasteiger partial charge < -0.3 is 5.32 Å². The average Bonchev–Trinajstić information content (AvgIpc) is 3.52. The van der Waals surface area contributed by atoms with E-state index in [4.69, 9.17) is 11.6 Å². The van der Waals surface area contributed by atoms with E-state index in [9.17, 15) is 18.8 Å². The molecule has 0 bridgehead atoms. The first-order valence-electron chi connectivity index (χ1n) is 11.3. The van der Waals surface area contributed by atoms with Crippen LogP contribution in [0, 0.1) is 12.7 Å². The van der Waals surface area contributed by atoms with Gasteiger partial charge in [-0.15, -0.1) is 11.3 Å². The zero-order chi connectivity index (χ0) is 26.1. The molecule has 1 saturated heterocycles. The molecule has 5 rings (SSSR count). The Kier molecular flexibility index (Phi) is 7.14. The molecule has 0 saturated carbocycles. The zero-order valence-corrected chi connectivity index (χ0v) is 21.9. The van der Waals surface area contributed by atoms with Crippen molar-refractivity contribution in [1.82, 2.24) is 20.0 Å². The molecule has 2 aromatic carbocycles. The molecule has 11 heteroatoms. The van der Waals surface area contributed by atoms with Crippen molar-refractivity contribution in [1.29, 1.82) is 0 Å². The second-order valence-electron chi connectivity index (χ2n) is 8.27. The summed E-state index contributed by atoms with van der Waals surface area (Å²) >= 11 is 8.37. The number of carbonyl (C=O) groups excluding carboxylic acids is 3. The maximum absolute atomic E-state index is 13.9. The molecule has 1 N–H and O–H groups in total.